The Labute approximate surface area is 153 Å². The summed E-state index contributed by atoms with van der Waals surface area (Å²) < 4.78 is 0. The van der Waals surface area contributed by atoms with Gasteiger partial charge in [-0.3, -0.25) is 0 Å². The molecule has 134 valence electrons. The second-order valence-electron chi connectivity index (χ2n) is 6.83. The van der Waals surface area contributed by atoms with Crippen molar-refractivity contribution in [1.82, 2.24) is 0 Å². The number of unbranched alkanes of at least 4 members (excludes halogenated alkanes) is 6. The normalized spacial score (nSPS) is 11.2. The van der Waals surface area contributed by atoms with Gasteiger partial charge >= 0.3 is 0 Å². The highest BCUT2D eigenvalue weighted by Gasteiger charge is 1.95. The van der Waals surface area contributed by atoms with E-state index in [9.17, 15) is 5.11 Å². The van der Waals surface area contributed by atoms with E-state index >= 15 is 0 Å². The van der Waals surface area contributed by atoms with Crippen LogP contribution < -0.4 is 0 Å². The number of rotatable bonds is 12. The zero-order chi connectivity index (χ0) is 17.6. The van der Waals surface area contributed by atoms with Gasteiger partial charge in [0.05, 0.1) is 0 Å². The molecule has 0 bridgehead atoms. The lowest BCUT2D eigenvalue weighted by Gasteiger charge is -2.02. The smallest absolute Gasteiger partial charge is 0.115 e. The van der Waals surface area contributed by atoms with Gasteiger partial charge in [-0.1, -0.05) is 73.9 Å². The topological polar surface area (TPSA) is 20.2 Å². The van der Waals surface area contributed by atoms with Crippen LogP contribution in [0.4, 0.5) is 0 Å². The van der Waals surface area contributed by atoms with E-state index in [0.717, 1.165) is 6.42 Å². The number of hydrogen-bond acceptors (Lipinski definition) is 1. The van der Waals surface area contributed by atoms with E-state index in [4.69, 9.17) is 0 Å². The molecular formula is C24H32O. The highest BCUT2D eigenvalue weighted by atomic mass is 16.3. The number of phenols is 1. The lowest BCUT2D eigenvalue weighted by Crippen LogP contribution is -1.86. The van der Waals surface area contributed by atoms with E-state index in [1.165, 1.54) is 68.9 Å². The molecule has 0 unspecified atom stereocenters. The van der Waals surface area contributed by atoms with Crippen LogP contribution in [0.1, 0.15) is 62.5 Å². The van der Waals surface area contributed by atoms with Crippen LogP contribution in [0.3, 0.4) is 0 Å². The van der Waals surface area contributed by atoms with Crippen molar-refractivity contribution in [2.24, 2.45) is 0 Å². The predicted molar refractivity (Wildman–Crippen MR) is 108 cm³/mol. The first-order valence-corrected chi connectivity index (χ1v) is 9.81. The minimum atomic E-state index is 0.382. The molecule has 0 heterocycles. The third kappa shape index (κ3) is 9.14. The number of hydrogen-bond donors (Lipinski definition) is 1. The third-order valence-corrected chi connectivity index (χ3v) is 4.59. The number of allylic oxidation sites excluding steroid dienone is 2. The average molecular weight is 337 g/mol. The molecule has 0 saturated heterocycles. The van der Waals surface area contributed by atoms with Crippen LogP contribution in [0.5, 0.6) is 5.75 Å². The lowest BCUT2D eigenvalue weighted by atomic mass is 10.0. The highest BCUT2D eigenvalue weighted by Crippen LogP contribution is 2.14. The van der Waals surface area contributed by atoms with Crippen LogP contribution in [0, 0.1) is 0 Å². The van der Waals surface area contributed by atoms with Crippen molar-refractivity contribution in [2.75, 3.05) is 0 Å². The summed E-state index contributed by atoms with van der Waals surface area (Å²) in [4.78, 5) is 0. The van der Waals surface area contributed by atoms with Crippen molar-refractivity contribution in [3.8, 4) is 5.75 Å². The van der Waals surface area contributed by atoms with Gasteiger partial charge in [0.1, 0.15) is 5.75 Å². The Balaban J connectivity index is 1.39. The molecule has 1 heteroatoms. The number of aryl methyl sites for hydroxylation is 2. The van der Waals surface area contributed by atoms with Gasteiger partial charge in [-0.15, -0.1) is 0 Å². The quantitative estimate of drug-likeness (QED) is 0.332. The fourth-order valence-corrected chi connectivity index (χ4v) is 3.14. The van der Waals surface area contributed by atoms with Gasteiger partial charge < -0.3 is 5.11 Å². The Bertz CT molecular complexity index is 601. The first-order chi connectivity index (χ1) is 12.3. The number of benzene rings is 2. The van der Waals surface area contributed by atoms with E-state index in [2.05, 4.69) is 48.6 Å². The minimum Gasteiger partial charge on any atom is -0.508 e. The molecule has 0 aliphatic carbocycles. The summed E-state index contributed by atoms with van der Waals surface area (Å²) in [5, 5.41) is 9.44. The average Bonchev–Trinajstić information content (AvgIpc) is 2.63. The zero-order valence-corrected chi connectivity index (χ0v) is 15.4. The first-order valence-electron chi connectivity index (χ1n) is 9.81. The largest absolute Gasteiger partial charge is 0.508 e. The predicted octanol–water partition coefficient (Wildman–Crippen LogP) is 6.85. The van der Waals surface area contributed by atoms with E-state index in [1.54, 1.807) is 6.07 Å². The molecule has 0 saturated carbocycles. The molecule has 0 aliphatic rings. The number of phenolic OH excluding ortho intramolecular Hbond substituents is 1. The number of aromatic hydroxyl groups is 1. The van der Waals surface area contributed by atoms with Crippen LogP contribution >= 0.6 is 0 Å². The second kappa shape index (κ2) is 12.4. The molecule has 0 aromatic heterocycles. The van der Waals surface area contributed by atoms with Gasteiger partial charge in [0.2, 0.25) is 0 Å². The molecule has 1 N–H and O–H groups in total. The molecular weight excluding hydrogens is 304 g/mol. The molecule has 0 fully saturated rings. The van der Waals surface area contributed by atoms with Crippen LogP contribution in [-0.2, 0) is 12.8 Å². The van der Waals surface area contributed by atoms with E-state index in [-0.39, 0.29) is 0 Å². The molecule has 2 rings (SSSR count). The van der Waals surface area contributed by atoms with Crippen LogP contribution in [0.2, 0.25) is 0 Å². The van der Waals surface area contributed by atoms with Gasteiger partial charge in [-0.25, -0.2) is 0 Å². The maximum atomic E-state index is 9.44. The van der Waals surface area contributed by atoms with Gasteiger partial charge in [0.25, 0.3) is 0 Å². The molecule has 0 atom stereocenters. The fourth-order valence-electron chi connectivity index (χ4n) is 3.14. The van der Waals surface area contributed by atoms with Crippen molar-refractivity contribution in [3.63, 3.8) is 0 Å². The second-order valence-corrected chi connectivity index (χ2v) is 6.83. The monoisotopic (exact) mass is 336 g/mol. The van der Waals surface area contributed by atoms with E-state index in [0.29, 0.717) is 5.75 Å². The summed E-state index contributed by atoms with van der Waals surface area (Å²) in [5.41, 5.74) is 2.69. The Hall–Kier alpha value is -2.02. The SMILES string of the molecule is Oc1cccc(CCCCCCCC=CCCCc2ccccc2)c1. The van der Waals surface area contributed by atoms with Gasteiger partial charge in [0.15, 0.2) is 0 Å². The standard InChI is InChI=1S/C24H32O/c25-24-20-14-19-23(21-24)18-11-8-6-4-2-1-3-5-7-10-15-22-16-12-9-13-17-22/h3,5,9,12-14,16-17,19-21,25H,1-2,4,6-8,10-11,15,18H2. The minimum absolute atomic E-state index is 0.382. The molecule has 2 aromatic rings. The van der Waals surface area contributed by atoms with Crippen molar-refractivity contribution in [1.29, 1.82) is 0 Å². The van der Waals surface area contributed by atoms with Gasteiger partial charge in [-0.05, 0) is 68.2 Å². The Kier molecular flexibility index (Phi) is 9.54. The van der Waals surface area contributed by atoms with Crippen molar-refractivity contribution < 1.29 is 5.11 Å². The molecule has 2 aromatic carbocycles. The molecule has 0 amide bonds. The fraction of sp³-hybridized carbons (Fsp3) is 0.417. The van der Waals surface area contributed by atoms with Gasteiger partial charge in [-0.2, -0.15) is 0 Å². The van der Waals surface area contributed by atoms with Gasteiger partial charge in [0, 0.05) is 0 Å². The Morgan fingerprint density at radius 2 is 1.24 bits per heavy atom. The first kappa shape index (κ1) is 19.3. The van der Waals surface area contributed by atoms with Crippen LogP contribution in [-0.4, -0.2) is 5.11 Å². The highest BCUT2D eigenvalue weighted by molar-refractivity contribution is 5.27. The Morgan fingerprint density at radius 3 is 2.04 bits per heavy atom. The molecule has 1 nitrogen and oxygen atoms in total. The van der Waals surface area contributed by atoms with Crippen LogP contribution in [0.15, 0.2) is 66.7 Å². The van der Waals surface area contributed by atoms with Crippen molar-refractivity contribution in [3.05, 3.63) is 77.9 Å². The van der Waals surface area contributed by atoms with Crippen molar-refractivity contribution >= 4 is 0 Å². The van der Waals surface area contributed by atoms with E-state index in [1.807, 2.05) is 12.1 Å². The summed E-state index contributed by atoms with van der Waals surface area (Å²) in [5.74, 6) is 0.382. The summed E-state index contributed by atoms with van der Waals surface area (Å²) in [7, 11) is 0. The molecule has 0 spiro atoms. The molecule has 25 heavy (non-hydrogen) atoms. The lowest BCUT2D eigenvalue weighted by molar-refractivity contribution is 0.474. The summed E-state index contributed by atoms with van der Waals surface area (Å²) in [6.07, 6.45) is 17.1. The van der Waals surface area contributed by atoms with E-state index < -0.39 is 0 Å². The zero-order valence-electron chi connectivity index (χ0n) is 15.4. The van der Waals surface area contributed by atoms with Crippen LogP contribution in [0.25, 0.3) is 0 Å². The molecule has 0 aliphatic heterocycles. The Morgan fingerprint density at radius 1 is 0.600 bits per heavy atom. The maximum absolute atomic E-state index is 9.44. The maximum Gasteiger partial charge on any atom is 0.115 e. The van der Waals surface area contributed by atoms with Crippen molar-refractivity contribution in [2.45, 2.75) is 64.2 Å². The summed E-state index contributed by atoms with van der Waals surface area (Å²) in [6, 6.07) is 18.4. The summed E-state index contributed by atoms with van der Waals surface area (Å²) >= 11 is 0. The summed E-state index contributed by atoms with van der Waals surface area (Å²) in [6.45, 7) is 0. The third-order valence-electron chi connectivity index (χ3n) is 4.59. The molecule has 0 radical (unpaired) electrons.